The molecule has 6 heteroatoms. The molecule has 1 aromatic heterocycles. The minimum absolute atomic E-state index is 0.383. The first-order valence-corrected chi connectivity index (χ1v) is 5.97. The highest BCUT2D eigenvalue weighted by atomic mass is 16.6. The molecule has 1 heterocycles. The molecule has 1 atom stereocenters. The van der Waals surface area contributed by atoms with Crippen LogP contribution in [0.4, 0.5) is 0 Å². The predicted octanol–water partition coefficient (Wildman–Crippen LogP) is 1.97. The minimum atomic E-state index is -0.421. The monoisotopic (exact) mass is 260 g/mol. The van der Waals surface area contributed by atoms with Gasteiger partial charge in [-0.15, -0.1) is 0 Å². The van der Waals surface area contributed by atoms with Crippen LogP contribution in [0.25, 0.3) is 0 Å². The standard InChI is InChI=1S/C13H16N4O2/c1-9(13-15-10(2)16-19-13)18-17-12(14)8-11-6-4-3-5-7-11/h3-7,9H,8H2,1-2H3,(H2,14,17). The summed E-state index contributed by atoms with van der Waals surface area (Å²) in [5.74, 6) is 1.34. The van der Waals surface area contributed by atoms with Crippen LogP contribution in [0.1, 0.15) is 30.3 Å². The molecule has 0 saturated heterocycles. The highest BCUT2D eigenvalue weighted by Crippen LogP contribution is 2.14. The molecular weight excluding hydrogens is 244 g/mol. The van der Waals surface area contributed by atoms with E-state index in [1.54, 1.807) is 13.8 Å². The third kappa shape index (κ3) is 3.80. The lowest BCUT2D eigenvalue weighted by atomic mass is 10.1. The van der Waals surface area contributed by atoms with Crippen molar-refractivity contribution < 1.29 is 9.36 Å². The van der Waals surface area contributed by atoms with Crippen molar-refractivity contribution in [1.82, 2.24) is 10.1 Å². The second-order valence-electron chi connectivity index (χ2n) is 4.17. The molecule has 100 valence electrons. The van der Waals surface area contributed by atoms with Crippen LogP contribution in [-0.4, -0.2) is 16.0 Å². The molecule has 0 aliphatic heterocycles. The van der Waals surface area contributed by atoms with Gasteiger partial charge < -0.3 is 15.1 Å². The molecule has 0 aliphatic rings. The van der Waals surface area contributed by atoms with Crippen LogP contribution in [0.3, 0.4) is 0 Å². The number of benzene rings is 1. The van der Waals surface area contributed by atoms with Crippen LogP contribution in [-0.2, 0) is 11.3 Å². The maximum absolute atomic E-state index is 5.80. The Bertz CT molecular complexity index is 551. The first-order valence-electron chi connectivity index (χ1n) is 5.97. The Labute approximate surface area is 111 Å². The lowest BCUT2D eigenvalue weighted by molar-refractivity contribution is 0.0475. The predicted molar refractivity (Wildman–Crippen MR) is 70.3 cm³/mol. The molecular formula is C13H16N4O2. The number of aromatic nitrogens is 2. The SMILES string of the molecule is Cc1noc(C(C)ON=C(N)Cc2ccccc2)n1. The molecule has 2 rings (SSSR count). The van der Waals surface area contributed by atoms with Crippen LogP contribution < -0.4 is 5.73 Å². The number of hydrogen-bond acceptors (Lipinski definition) is 5. The van der Waals surface area contributed by atoms with Crippen molar-refractivity contribution in [2.24, 2.45) is 10.9 Å². The van der Waals surface area contributed by atoms with E-state index in [2.05, 4.69) is 15.3 Å². The topological polar surface area (TPSA) is 86.5 Å². The molecule has 0 bridgehead atoms. The van der Waals surface area contributed by atoms with E-state index in [0.717, 1.165) is 5.56 Å². The third-order valence-electron chi connectivity index (χ3n) is 2.45. The fourth-order valence-electron chi connectivity index (χ4n) is 1.51. The summed E-state index contributed by atoms with van der Waals surface area (Å²) in [4.78, 5) is 9.30. The Kier molecular flexibility index (Phi) is 4.12. The molecule has 19 heavy (non-hydrogen) atoms. The molecule has 0 radical (unpaired) electrons. The largest absolute Gasteiger partial charge is 0.384 e. The maximum Gasteiger partial charge on any atom is 0.270 e. The van der Waals surface area contributed by atoms with Gasteiger partial charge in [0.1, 0.15) is 5.84 Å². The number of nitrogens with two attached hydrogens (primary N) is 1. The van der Waals surface area contributed by atoms with Crippen molar-refractivity contribution in [1.29, 1.82) is 0 Å². The highest BCUT2D eigenvalue weighted by molar-refractivity contribution is 5.82. The number of hydrogen-bond donors (Lipinski definition) is 1. The average molecular weight is 260 g/mol. The number of aryl methyl sites for hydroxylation is 1. The molecule has 2 N–H and O–H groups in total. The summed E-state index contributed by atoms with van der Waals surface area (Å²) >= 11 is 0. The van der Waals surface area contributed by atoms with Gasteiger partial charge >= 0.3 is 0 Å². The molecule has 0 spiro atoms. The van der Waals surface area contributed by atoms with Crippen molar-refractivity contribution in [2.75, 3.05) is 0 Å². The van der Waals surface area contributed by atoms with Gasteiger partial charge in [0.2, 0.25) is 6.10 Å². The van der Waals surface area contributed by atoms with Gasteiger partial charge in [0.15, 0.2) is 5.82 Å². The molecule has 0 aliphatic carbocycles. The Hall–Kier alpha value is -2.37. The van der Waals surface area contributed by atoms with Crippen LogP contribution in [0.15, 0.2) is 40.0 Å². The summed E-state index contributed by atoms with van der Waals surface area (Å²) in [5, 5.41) is 7.56. The summed E-state index contributed by atoms with van der Waals surface area (Å²) in [6.45, 7) is 3.51. The van der Waals surface area contributed by atoms with Crippen molar-refractivity contribution in [3.05, 3.63) is 47.6 Å². The fraction of sp³-hybridized carbons (Fsp3) is 0.308. The van der Waals surface area contributed by atoms with Gasteiger partial charge in [0, 0.05) is 6.42 Å². The van der Waals surface area contributed by atoms with Gasteiger partial charge in [-0.2, -0.15) is 4.98 Å². The molecule has 1 aromatic carbocycles. The van der Waals surface area contributed by atoms with Gasteiger partial charge in [-0.1, -0.05) is 40.6 Å². The van der Waals surface area contributed by atoms with Gasteiger partial charge in [-0.05, 0) is 19.4 Å². The first-order chi connectivity index (χ1) is 9.15. The minimum Gasteiger partial charge on any atom is -0.384 e. The van der Waals surface area contributed by atoms with Crippen molar-refractivity contribution in [2.45, 2.75) is 26.4 Å². The number of nitrogens with zero attached hydrogens (tertiary/aromatic N) is 3. The zero-order valence-corrected chi connectivity index (χ0v) is 10.9. The van der Waals surface area contributed by atoms with E-state index in [4.69, 9.17) is 15.1 Å². The van der Waals surface area contributed by atoms with Crippen LogP contribution in [0, 0.1) is 6.92 Å². The Morgan fingerprint density at radius 3 is 2.79 bits per heavy atom. The van der Waals surface area contributed by atoms with Crippen LogP contribution in [0.5, 0.6) is 0 Å². The maximum atomic E-state index is 5.80. The third-order valence-corrected chi connectivity index (χ3v) is 2.45. The summed E-state index contributed by atoms with van der Waals surface area (Å²) < 4.78 is 4.98. The number of rotatable bonds is 5. The molecule has 2 aromatic rings. The van der Waals surface area contributed by atoms with E-state index in [-0.39, 0.29) is 0 Å². The summed E-state index contributed by atoms with van der Waals surface area (Å²) in [6, 6.07) is 9.81. The quantitative estimate of drug-likeness (QED) is 0.504. The molecule has 1 unspecified atom stereocenters. The Morgan fingerprint density at radius 1 is 1.42 bits per heavy atom. The van der Waals surface area contributed by atoms with E-state index in [0.29, 0.717) is 24.0 Å². The number of oxime groups is 1. The fourth-order valence-corrected chi connectivity index (χ4v) is 1.51. The Balaban J connectivity index is 1.91. The van der Waals surface area contributed by atoms with Crippen LogP contribution >= 0.6 is 0 Å². The summed E-state index contributed by atoms with van der Waals surface area (Å²) in [5.41, 5.74) is 6.87. The lowest BCUT2D eigenvalue weighted by Gasteiger charge is -2.05. The lowest BCUT2D eigenvalue weighted by Crippen LogP contribution is -2.16. The second kappa shape index (κ2) is 5.99. The van der Waals surface area contributed by atoms with Gasteiger partial charge in [-0.3, -0.25) is 0 Å². The zero-order chi connectivity index (χ0) is 13.7. The summed E-state index contributed by atoms with van der Waals surface area (Å²) in [6.07, 6.45) is 0.117. The van der Waals surface area contributed by atoms with Gasteiger partial charge in [0.25, 0.3) is 5.89 Å². The Morgan fingerprint density at radius 2 is 2.16 bits per heavy atom. The number of amidine groups is 1. The summed E-state index contributed by atoms with van der Waals surface area (Å²) in [7, 11) is 0. The van der Waals surface area contributed by atoms with Crippen molar-refractivity contribution in [3.8, 4) is 0 Å². The highest BCUT2D eigenvalue weighted by Gasteiger charge is 2.14. The van der Waals surface area contributed by atoms with Gasteiger partial charge in [-0.25, -0.2) is 0 Å². The first kappa shape index (κ1) is 13.1. The second-order valence-corrected chi connectivity index (χ2v) is 4.17. The van der Waals surface area contributed by atoms with E-state index in [1.807, 2.05) is 30.3 Å². The zero-order valence-electron chi connectivity index (χ0n) is 10.9. The van der Waals surface area contributed by atoms with Crippen molar-refractivity contribution >= 4 is 5.84 Å². The van der Waals surface area contributed by atoms with Gasteiger partial charge in [0.05, 0.1) is 0 Å². The molecule has 6 nitrogen and oxygen atoms in total. The van der Waals surface area contributed by atoms with E-state index >= 15 is 0 Å². The molecule has 0 amide bonds. The molecule has 0 saturated carbocycles. The average Bonchev–Trinajstić information content (AvgIpc) is 2.84. The van der Waals surface area contributed by atoms with Crippen molar-refractivity contribution in [3.63, 3.8) is 0 Å². The van der Waals surface area contributed by atoms with E-state index in [1.165, 1.54) is 0 Å². The van der Waals surface area contributed by atoms with Crippen LogP contribution in [0.2, 0.25) is 0 Å². The van der Waals surface area contributed by atoms with E-state index in [9.17, 15) is 0 Å². The molecule has 0 fully saturated rings. The van der Waals surface area contributed by atoms with E-state index < -0.39 is 6.10 Å². The smallest absolute Gasteiger partial charge is 0.270 e. The normalized spacial score (nSPS) is 13.3.